The number of ether oxygens (including phenoxy) is 3. The Bertz CT molecular complexity index is 1120. The lowest BCUT2D eigenvalue weighted by Crippen LogP contribution is -2.35. The van der Waals surface area contributed by atoms with Gasteiger partial charge in [-0.05, 0) is 99.4 Å². The second kappa shape index (κ2) is 14.0. The topological polar surface area (TPSA) is 123 Å². The fourth-order valence-corrected chi connectivity index (χ4v) is 4.96. The van der Waals surface area contributed by atoms with Crippen LogP contribution in [0.1, 0.15) is 64.8 Å². The molecule has 0 radical (unpaired) electrons. The third kappa shape index (κ3) is 8.45. The zero-order valence-electron chi connectivity index (χ0n) is 22.4. The molecule has 0 spiro atoms. The normalized spacial score (nSPS) is 19.6. The monoisotopic (exact) mass is 538 g/mol. The molecule has 2 aromatic carbocycles. The van der Waals surface area contributed by atoms with Crippen molar-refractivity contribution in [3.8, 4) is 11.5 Å². The van der Waals surface area contributed by atoms with Gasteiger partial charge >= 0.3 is 5.97 Å². The average molecular weight is 539 g/mol. The molecule has 1 aliphatic carbocycles. The highest BCUT2D eigenvalue weighted by Crippen LogP contribution is 2.28. The first kappa shape index (κ1) is 28.4. The van der Waals surface area contributed by atoms with Crippen LogP contribution in [0.2, 0.25) is 0 Å². The highest BCUT2D eigenvalue weighted by molar-refractivity contribution is 5.96. The molecule has 2 aliphatic rings. The minimum absolute atomic E-state index is 0.0101. The van der Waals surface area contributed by atoms with Crippen molar-refractivity contribution in [2.45, 2.75) is 51.6 Å². The van der Waals surface area contributed by atoms with Crippen LogP contribution in [-0.4, -0.2) is 61.9 Å². The molecule has 0 unspecified atom stereocenters. The third-order valence-corrected chi connectivity index (χ3v) is 7.41. The molecule has 3 N–H and O–H groups in total. The van der Waals surface area contributed by atoms with Gasteiger partial charge in [0.25, 0.3) is 11.8 Å². The van der Waals surface area contributed by atoms with Gasteiger partial charge in [-0.15, -0.1) is 0 Å². The number of carbonyl (C=O) groups is 3. The van der Waals surface area contributed by atoms with Crippen LogP contribution in [0.4, 0.5) is 0 Å². The smallest absolute Gasteiger partial charge is 0.306 e. The lowest BCUT2D eigenvalue weighted by atomic mass is 9.87. The maximum Gasteiger partial charge on any atom is 0.306 e. The van der Waals surface area contributed by atoms with Gasteiger partial charge in [0.05, 0.1) is 18.6 Å². The van der Waals surface area contributed by atoms with Gasteiger partial charge in [-0.2, -0.15) is 0 Å². The van der Waals surface area contributed by atoms with Gasteiger partial charge in [0.15, 0.2) is 0 Å². The minimum Gasteiger partial charge on any atom is -0.493 e. The van der Waals surface area contributed by atoms with Gasteiger partial charge in [0.1, 0.15) is 11.5 Å². The first-order valence-electron chi connectivity index (χ1n) is 13.8. The number of carbonyl (C=O) groups excluding carboxylic acids is 2. The van der Waals surface area contributed by atoms with E-state index in [4.69, 9.17) is 19.3 Å². The van der Waals surface area contributed by atoms with E-state index in [2.05, 4.69) is 10.6 Å². The summed E-state index contributed by atoms with van der Waals surface area (Å²) in [6.07, 6.45) is 4.66. The molecule has 1 heterocycles. The maximum absolute atomic E-state index is 12.7. The fraction of sp³-hybridized carbons (Fsp3) is 0.500. The van der Waals surface area contributed by atoms with Crippen molar-refractivity contribution in [2.24, 2.45) is 11.8 Å². The average Bonchev–Trinajstić information content (AvgIpc) is 2.95. The Morgan fingerprint density at radius 1 is 0.872 bits per heavy atom. The van der Waals surface area contributed by atoms with Crippen LogP contribution in [0.3, 0.4) is 0 Å². The van der Waals surface area contributed by atoms with Crippen LogP contribution >= 0.6 is 0 Å². The number of hydrogen-bond donors (Lipinski definition) is 3. The molecule has 2 fully saturated rings. The first-order chi connectivity index (χ1) is 18.9. The Hall–Kier alpha value is -3.59. The van der Waals surface area contributed by atoms with Crippen LogP contribution in [0.25, 0.3) is 0 Å². The fourth-order valence-electron chi connectivity index (χ4n) is 4.96. The first-order valence-corrected chi connectivity index (χ1v) is 13.8. The predicted molar refractivity (Wildman–Crippen MR) is 145 cm³/mol. The molecule has 0 aromatic heterocycles. The Morgan fingerprint density at radius 3 is 2.15 bits per heavy atom. The standard InChI is InChI=1S/C30H38N2O7/c1-20-18-26(39-25-8-4-23(5-9-25)30(35)36)10-11-27(20)29(34)32-15-14-31-28(33)22-2-6-24(7-3-22)38-19-21-12-16-37-17-13-21/h2-3,6-7,10-11,18,21,23,25H,4-5,8-9,12-17,19H2,1H3,(H,31,33)(H,32,34)(H,35,36). The summed E-state index contributed by atoms with van der Waals surface area (Å²) in [5.74, 6) is 0.466. The van der Waals surface area contributed by atoms with E-state index in [1.807, 2.05) is 13.0 Å². The summed E-state index contributed by atoms with van der Waals surface area (Å²) in [4.78, 5) is 36.2. The highest BCUT2D eigenvalue weighted by atomic mass is 16.5. The van der Waals surface area contributed by atoms with Gasteiger partial charge in [0.2, 0.25) is 0 Å². The Labute approximate surface area is 229 Å². The zero-order valence-corrected chi connectivity index (χ0v) is 22.4. The molecule has 1 saturated heterocycles. The Morgan fingerprint density at radius 2 is 1.51 bits per heavy atom. The quantitative estimate of drug-likeness (QED) is 0.370. The molecule has 0 atom stereocenters. The van der Waals surface area contributed by atoms with Gasteiger partial charge in [0, 0.05) is 37.4 Å². The largest absolute Gasteiger partial charge is 0.493 e. The van der Waals surface area contributed by atoms with Gasteiger partial charge in [-0.3, -0.25) is 14.4 Å². The zero-order chi connectivity index (χ0) is 27.6. The van der Waals surface area contributed by atoms with Crippen molar-refractivity contribution in [2.75, 3.05) is 32.9 Å². The molecular weight excluding hydrogens is 500 g/mol. The Balaban J connectivity index is 1.15. The predicted octanol–water partition coefficient (Wildman–Crippen LogP) is 3.98. The third-order valence-electron chi connectivity index (χ3n) is 7.41. The molecule has 1 saturated carbocycles. The van der Waals surface area contributed by atoms with E-state index in [0.717, 1.165) is 37.4 Å². The van der Waals surface area contributed by atoms with Crippen molar-refractivity contribution in [1.29, 1.82) is 0 Å². The number of aryl methyl sites for hydroxylation is 1. The van der Waals surface area contributed by atoms with Crippen LogP contribution < -0.4 is 20.1 Å². The SMILES string of the molecule is Cc1cc(OC2CCC(C(=O)O)CC2)ccc1C(=O)NCCNC(=O)c1ccc(OCC2CCOCC2)cc1. The minimum atomic E-state index is -0.736. The summed E-state index contributed by atoms with van der Waals surface area (Å²) in [5, 5.41) is 14.8. The number of carboxylic acid groups (broad SMARTS) is 1. The molecule has 9 heteroatoms. The number of carboxylic acids is 1. The van der Waals surface area contributed by atoms with Crippen molar-refractivity contribution in [3.05, 3.63) is 59.2 Å². The van der Waals surface area contributed by atoms with Crippen LogP contribution in [-0.2, 0) is 9.53 Å². The van der Waals surface area contributed by atoms with Crippen LogP contribution in [0, 0.1) is 18.8 Å². The van der Waals surface area contributed by atoms with Crippen LogP contribution in [0.5, 0.6) is 11.5 Å². The summed E-state index contributed by atoms with van der Waals surface area (Å²) >= 11 is 0. The summed E-state index contributed by atoms with van der Waals surface area (Å²) in [6.45, 7) is 4.66. The molecule has 1 aliphatic heterocycles. The molecule has 2 aromatic rings. The van der Waals surface area contributed by atoms with E-state index in [-0.39, 0.29) is 23.8 Å². The van der Waals surface area contributed by atoms with E-state index in [9.17, 15) is 14.4 Å². The summed E-state index contributed by atoms with van der Waals surface area (Å²) < 4.78 is 17.3. The summed E-state index contributed by atoms with van der Waals surface area (Å²) in [5.41, 5.74) is 1.86. The van der Waals surface area contributed by atoms with Crippen molar-refractivity contribution < 1.29 is 33.7 Å². The number of nitrogens with one attached hydrogen (secondary N) is 2. The molecule has 39 heavy (non-hydrogen) atoms. The van der Waals surface area contributed by atoms with Gasteiger partial charge in [-0.25, -0.2) is 0 Å². The van der Waals surface area contributed by atoms with Crippen LogP contribution in [0.15, 0.2) is 42.5 Å². The van der Waals surface area contributed by atoms with E-state index < -0.39 is 5.97 Å². The molecule has 4 rings (SSSR count). The van der Waals surface area contributed by atoms with Crippen molar-refractivity contribution in [1.82, 2.24) is 10.6 Å². The highest BCUT2D eigenvalue weighted by Gasteiger charge is 2.27. The summed E-state index contributed by atoms with van der Waals surface area (Å²) in [7, 11) is 0. The van der Waals surface area contributed by atoms with E-state index in [1.54, 1.807) is 36.4 Å². The maximum atomic E-state index is 12.7. The van der Waals surface area contributed by atoms with E-state index in [0.29, 0.717) is 68.2 Å². The van der Waals surface area contributed by atoms with Gasteiger partial charge < -0.3 is 30.0 Å². The molecular formula is C30H38N2O7. The molecule has 0 bridgehead atoms. The second-order valence-electron chi connectivity index (χ2n) is 10.3. The summed E-state index contributed by atoms with van der Waals surface area (Å²) in [6, 6.07) is 12.4. The lowest BCUT2D eigenvalue weighted by molar-refractivity contribution is -0.143. The molecule has 9 nitrogen and oxygen atoms in total. The second-order valence-corrected chi connectivity index (χ2v) is 10.3. The van der Waals surface area contributed by atoms with E-state index in [1.165, 1.54) is 0 Å². The van der Waals surface area contributed by atoms with Crippen molar-refractivity contribution in [3.63, 3.8) is 0 Å². The molecule has 210 valence electrons. The van der Waals surface area contributed by atoms with Gasteiger partial charge in [-0.1, -0.05) is 0 Å². The number of aliphatic carboxylic acids is 1. The van der Waals surface area contributed by atoms with E-state index >= 15 is 0 Å². The number of rotatable bonds is 11. The Kier molecular flexibility index (Phi) is 10.2. The number of hydrogen-bond acceptors (Lipinski definition) is 6. The number of benzene rings is 2. The lowest BCUT2D eigenvalue weighted by Gasteiger charge is -2.27. The number of amides is 2. The molecule has 2 amide bonds. The van der Waals surface area contributed by atoms with Crippen molar-refractivity contribution >= 4 is 17.8 Å².